The van der Waals surface area contributed by atoms with E-state index in [0.29, 0.717) is 6.04 Å². The Balaban J connectivity index is 1.91. The zero-order valence-electron chi connectivity index (χ0n) is 11.8. The van der Waals surface area contributed by atoms with Crippen LogP contribution in [0.5, 0.6) is 0 Å². The predicted molar refractivity (Wildman–Crippen MR) is 81.5 cm³/mol. The average Bonchev–Trinajstić information content (AvgIpc) is 2.56. The molecular formula is C18H21NO. The van der Waals surface area contributed by atoms with E-state index in [4.69, 9.17) is 4.74 Å². The van der Waals surface area contributed by atoms with E-state index in [0.717, 1.165) is 13.0 Å². The molecule has 104 valence electrons. The third-order valence-corrected chi connectivity index (χ3v) is 3.97. The highest BCUT2D eigenvalue weighted by molar-refractivity contribution is 5.27. The van der Waals surface area contributed by atoms with Gasteiger partial charge in [-0.2, -0.15) is 0 Å². The van der Waals surface area contributed by atoms with Crippen molar-refractivity contribution < 1.29 is 4.74 Å². The summed E-state index contributed by atoms with van der Waals surface area (Å²) in [5, 5.41) is 3.74. The number of rotatable bonds is 3. The Bertz CT molecular complexity index is 526. The number of ether oxygens (including phenoxy) is 1. The summed E-state index contributed by atoms with van der Waals surface area (Å²) in [6.07, 6.45) is 1.17. The number of hydrogen-bond donors (Lipinski definition) is 1. The van der Waals surface area contributed by atoms with Crippen molar-refractivity contribution in [2.45, 2.75) is 31.5 Å². The minimum Gasteiger partial charge on any atom is -0.370 e. The summed E-state index contributed by atoms with van der Waals surface area (Å²) in [6, 6.07) is 21.7. The van der Waals surface area contributed by atoms with Crippen LogP contribution in [-0.2, 0) is 4.74 Å². The van der Waals surface area contributed by atoms with Gasteiger partial charge >= 0.3 is 0 Å². The van der Waals surface area contributed by atoms with Crippen LogP contribution < -0.4 is 5.32 Å². The largest absolute Gasteiger partial charge is 0.370 e. The second-order valence-electron chi connectivity index (χ2n) is 5.32. The van der Waals surface area contributed by atoms with Gasteiger partial charge in [0.15, 0.2) is 0 Å². The molecule has 3 atom stereocenters. The van der Waals surface area contributed by atoms with Crippen molar-refractivity contribution in [2.24, 2.45) is 0 Å². The molecule has 2 nitrogen and oxygen atoms in total. The van der Waals surface area contributed by atoms with Gasteiger partial charge in [-0.1, -0.05) is 67.6 Å². The van der Waals surface area contributed by atoms with Crippen LogP contribution >= 0.6 is 0 Å². The maximum atomic E-state index is 6.17. The van der Waals surface area contributed by atoms with Crippen molar-refractivity contribution >= 4 is 0 Å². The molecule has 0 spiro atoms. The summed E-state index contributed by atoms with van der Waals surface area (Å²) >= 11 is 0. The smallest absolute Gasteiger partial charge is 0.102 e. The maximum Gasteiger partial charge on any atom is 0.102 e. The van der Waals surface area contributed by atoms with Gasteiger partial charge in [0, 0.05) is 6.04 Å². The second-order valence-corrected chi connectivity index (χ2v) is 5.32. The van der Waals surface area contributed by atoms with E-state index in [1.165, 1.54) is 11.1 Å². The first-order chi connectivity index (χ1) is 9.88. The Labute approximate surface area is 120 Å². The SMILES string of the molecule is CCC1COC(c2ccccc2)C(c2ccccc2)N1. The predicted octanol–water partition coefficient (Wildman–Crippen LogP) is 3.87. The molecule has 1 aliphatic heterocycles. The van der Waals surface area contributed by atoms with Crippen LogP contribution in [-0.4, -0.2) is 12.6 Å². The summed E-state index contributed by atoms with van der Waals surface area (Å²) < 4.78 is 6.17. The normalized spacial score (nSPS) is 26.4. The molecule has 0 bridgehead atoms. The van der Waals surface area contributed by atoms with E-state index in [9.17, 15) is 0 Å². The standard InChI is InChI=1S/C18H21NO/c1-2-16-13-20-18(15-11-7-4-8-12-15)17(19-16)14-9-5-3-6-10-14/h3-12,16-19H,2,13H2,1H3. The van der Waals surface area contributed by atoms with Crippen LogP contribution in [0.3, 0.4) is 0 Å². The lowest BCUT2D eigenvalue weighted by Gasteiger charge is -2.38. The summed E-state index contributed by atoms with van der Waals surface area (Å²) in [4.78, 5) is 0. The highest BCUT2D eigenvalue weighted by Crippen LogP contribution is 2.35. The molecule has 1 fully saturated rings. The molecule has 20 heavy (non-hydrogen) atoms. The number of morpholine rings is 1. The maximum absolute atomic E-state index is 6.17. The van der Waals surface area contributed by atoms with Crippen LogP contribution in [0.15, 0.2) is 60.7 Å². The number of nitrogens with one attached hydrogen (secondary N) is 1. The molecule has 1 saturated heterocycles. The fourth-order valence-corrected chi connectivity index (χ4v) is 2.80. The van der Waals surface area contributed by atoms with Crippen LogP contribution in [0.4, 0.5) is 0 Å². The van der Waals surface area contributed by atoms with E-state index < -0.39 is 0 Å². The number of hydrogen-bond acceptors (Lipinski definition) is 2. The average molecular weight is 267 g/mol. The molecule has 1 aliphatic rings. The van der Waals surface area contributed by atoms with E-state index >= 15 is 0 Å². The Morgan fingerprint density at radius 2 is 1.55 bits per heavy atom. The quantitative estimate of drug-likeness (QED) is 0.911. The van der Waals surface area contributed by atoms with Gasteiger partial charge < -0.3 is 10.1 Å². The first-order valence-corrected chi connectivity index (χ1v) is 7.36. The van der Waals surface area contributed by atoms with Crippen molar-refractivity contribution in [2.75, 3.05) is 6.61 Å². The molecule has 1 heterocycles. The molecule has 3 unspecified atom stereocenters. The van der Waals surface area contributed by atoms with Gasteiger partial charge in [0.1, 0.15) is 6.10 Å². The molecule has 1 N–H and O–H groups in total. The molecule has 3 rings (SSSR count). The highest BCUT2D eigenvalue weighted by atomic mass is 16.5. The number of benzene rings is 2. The first kappa shape index (κ1) is 13.3. The summed E-state index contributed by atoms with van der Waals surface area (Å²) in [5.74, 6) is 0. The molecule has 2 aromatic rings. The summed E-state index contributed by atoms with van der Waals surface area (Å²) in [6.45, 7) is 2.98. The molecule has 0 saturated carbocycles. The van der Waals surface area contributed by atoms with Gasteiger partial charge in [0.25, 0.3) is 0 Å². The molecule has 0 amide bonds. The lowest BCUT2D eigenvalue weighted by molar-refractivity contribution is -0.0312. The fraction of sp³-hybridized carbons (Fsp3) is 0.333. The van der Waals surface area contributed by atoms with Crippen molar-refractivity contribution in [3.63, 3.8) is 0 Å². The Hall–Kier alpha value is -1.64. The van der Waals surface area contributed by atoms with Crippen molar-refractivity contribution in [1.82, 2.24) is 5.32 Å². The van der Waals surface area contributed by atoms with Gasteiger partial charge in [-0.15, -0.1) is 0 Å². The third-order valence-electron chi connectivity index (χ3n) is 3.97. The molecule has 0 radical (unpaired) electrons. The van der Waals surface area contributed by atoms with E-state index in [2.05, 4.69) is 66.8 Å². The fourth-order valence-electron chi connectivity index (χ4n) is 2.80. The van der Waals surface area contributed by atoms with Gasteiger partial charge in [0.2, 0.25) is 0 Å². The molecule has 0 aromatic heterocycles. The Kier molecular flexibility index (Phi) is 4.14. The van der Waals surface area contributed by atoms with Crippen LogP contribution in [0.1, 0.15) is 36.6 Å². The van der Waals surface area contributed by atoms with Crippen molar-refractivity contribution in [1.29, 1.82) is 0 Å². The molecule has 2 aromatic carbocycles. The Morgan fingerprint density at radius 3 is 2.15 bits per heavy atom. The summed E-state index contributed by atoms with van der Waals surface area (Å²) in [7, 11) is 0. The zero-order chi connectivity index (χ0) is 13.8. The van der Waals surface area contributed by atoms with Gasteiger partial charge in [0.05, 0.1) is 12.6 Å². The van der Waals surface area contributed by atoms with Crippen LogP contribution in [0.2, 0.25) is 0 Å². The minimum absolute atomic E-state index is 0.0846. The minimum atomic E-state index is 0.0846. The van der Waals surface area contributed by atoms with E-state index in [1.54, 1.807) is 0 Å². The monoisotopic (exact) mass is 267 g/mol. The topological polar surface area (TPSA) is 21.3 Å². The summed E-state index contributed by atoms with van der Waals surface area (Å²) in [5.41, 5.74) is 2.53. The van der Waals surface area contributed by atoms with E-state index in [-0.39, 0.29) is 12.1 Å². The highest BCUT2D eigenvalue weighted by Gasteiger charge is 2.31. The first-order valence-electron chi connectivity index (χ1n) is 7.36. The third kappa shape index (κ3) is 2.77. The van der Waals surface area contributed by atoms with Gasteiger partial charge in [-0.25, -0.2) is 0 Å². The van der Waals surface area contributed by atoms with Crippen LogP contribution in [0.25, 0.3) is 0 Å². The van der Waals surface area contributed by atoms with E-state index in [1.807, 2.05) is 6.07 Å². The molecule has 2 heteroatoms. The Morgan fingerprint density at radius 1 is 0.950 bits per heavy atom. The zero-order valence-corrected chi connectivity index (χ0v) is 11.8. The molecule has 0 aliphatic carbocycles. The molecular weight excluding hydrogens is 246 g/mol. The van der Waals surface area contributed by atoms with Gasteiger partial charge in [-0.05, 0) is 17.5 Å². The van der Waals surface area contributed by atoms with Crippen molar-refractivity contribution in [3.05, 3.63) is 71.8 Å². The lowest BCUT2D eigenvalue weighted by Crippen LogP contribution is -2.44. The van der Waals surface area contributed by atoms with Gasteiger partial charge in [-0.3, -0.25) is 0 Å². The second kappa shape index (κ2) is 6.21. The lowest BCUT2D eigenvalue weighted by atomic mass is 9.93. The van der Waals surface area contributed by atoms with Crippen LogP contribution in [0, 0.1) is 0 Å². The van der Waals surface area contributed by atoms with Crippen molar-refractivity contribution in [3.8, 4) is 0 Å².